The van der Waals surface area contributed by atoms with Gasteiger partial charge in [0, 0.05) is 33.8 Å². The minimum absolute atomic E-state index is 0.0786. The van der Waals surface area contributed by atoms with Gasteiger partial charge in [0.05, 0.1) is 12.2 Å². The van der Waals surface area contributed by atoms with E-state index in [0.29, 0.717) is 6.42 Å². The average Bonchev–Trinajstić information content (AvgIpc) is 2.51. The van der Waals surface area contributed by atoms with Gasteiger partial charge in [-0.05, 0) is 13.3 Å². The molecule has 0 amide bonds. The summed E-state index contributed by atoms with van der Waals surface area (Å²) in [5.74, 6) is -1.73. The number of hydrogen-bond donors (Lipinski definition) is 0. The van der Waals surface area contributed by atoms with E-state index >= 15 is 0 Å². The van der Waals surface area contributed by atoms with Crippen LogP contribution < -0.4 is 0 Å². The van der Waals surface area contributed by atoms with Crippen molar-refractivity contribution >= 4 is 17.9 Å². The summed E-state index contributed by atoms with van der Waals surface area (Å²) in [6, 6.07) is 0. The van der Waals surface area contributed by atoms with Crippen molar-refractivity contribution in [2.24, 2.45) is 5.92 Å². The predicted octanol–water partition coefficient (Wildman–Crippen LogP) is 1.24. The molecule has 0 spiro atoms. The first-order chi connectivity index (χ1) is 11.6. The van der Waals surface area contributed by atoms with Crippen molar-refractivity contribution in [1.82, 2.24) is 0 Å². The highest BCUT2D eigenvalue weighted by Crippen LogP contribution is 2.33. The van der Waals surface area contributed by atoms with Crippen LogP contribution in [0.15, 0.2) is 0 Å². The Morgan fingerprint density at radius 3 is 2.00 bits per heavy atom. The largest absolute Gasteiger partial charge is 0.463 e. The highest BCUT2D eigenvalue weighted by Gasteiger charge is 2.48. The van der Waals surface area contributed by atoms with E-state index < -0.39 is 36.2 Å². The Kier molecular flexibility index (Phi) is 8.31. The number of carbonyl (C=O) groups excluding carboxylic acids is 3. The molecule has 6 atom stereocenters. The van der Waals surface area contributed by atoms with Crippen LogP contribution in [-0.2, 0) is 38.1 Å². The Balaban J connectivity index is 3.06. The molecule has 8 nitrogen and oxygen atoms in total. The highest BCUT2D eigenvalue weighted by molar-refractivity contribution is 5.67. The van der Waals surface area contributed by atoms with Crippen molar-refractivity contribution in [3.05, 3.63) is 0 Å². The summed E-state index contributed by atoms with van der Waals surface area (Å²) >= 11 is 0. The van der Waals surface area contributed by atoms with E-state index in [0.717, 1.165) is 0 Å². The number of carbonyl (C=O) groups is 3. The van der Waals surface area contributed by atoms with E-state index in [1.807, 2.05) is 13.8 Å². The Hall–Kier alpha value is -1.67. The molecule has 1 aliphatic heterocycles. The summed E-state index contributed by atoms with van der Waals surface area (Å²) < 4.78 is 27.1. The zero-order valence-corrected chi connectivity index (χ0v) is 15.6. The molecule has 1 fully saturated rings. The van der Waals surface area contributed by atoms with Crippen molar-refractivity contribution in [3.8, 4) is 0 Å². The summed E-state index contributed by atoms with van der Waals surface area (Å²) in [5, 5.41) is 0. The minimum atomic E-state index is -0.857. The van der Waals surface area contributed by atoms with Crippen LogP contribution >= 0.6 is 0 Å². The van der Waals surface area contributed by atoms with Gasteiger partial charge in [-0.15, -0.1) is 0 Å². The second kappa shape index (κ2) is 9.72. The van der Waals surface area contributed by atoms with Crippen LogP contribution in [0.1, 0.15) is 41.0 Å². The molecule has 1 aliphatic rings. The van der Waals surface area contributed by atoms with Crippen LogP contribution in [0.3, 0.4) is 0 Å². The van der Waals surface area contributed by atoms with Crippen molar-refractivity contribution < 1.29 is 38.1 Å². The zero-order valence-electron chi connectivity index (χ0n) is 15.6. The second-order valence-electron chi connectivity index (χ2n) is 6.30. The van der Waals surface area contributed by atoms with Crippen LogP contribution in [0, 0.1) is 5.92 Å². The Morgan fingerprint density at radius 2 is 1.52 bits per heavy atom. The standard InChI is InChI=1S/C17H28O8/c1-9(21-6)7-14-10(2)16(23-12(4)19)17(24-13(5)20)15(25-14)8-22-11(3)18/h9-10,14-17H,7-8H2,1-6H3/t9?,10?,14?,15?,16?,17-/m1/s1. The van der Waals surface area contributed by atoms with E-state index in [1.54, 1.807) is 7.11 Å². The Morgan fingerprint density at radius 1 is 0.960 bits per heavy atom. The van der Waals surface area contributed by atoms with Crippen LogP contribution in [0.2, 0.25) is 0 Å². The van der Waals surface area contributed by atoms with Gasteiger partial charge in [-0.2, -0.15) is 0 Å². The van der Waals surface area contributed by atoms with Gasteiger partial charge >= 0.3 is 17.9 Å². The van der Waals surface area contributed by atoms with Gasteiger partial charge in [0.25, 0.3) is 0 Å². The molecule has 5 unspecified atom stereocenters. The maximum Gasteiger partial charge on any atom is 0.303 e. The van der Waals surface area contributed by atoms with Crippen LogP contribution in [0.25, 0.3) is 0 Å². The summed E-state index contributed by atoms with van der Waals surface area (Å²) in [6.07, 6.45) is -2.13. The molecule has 0 aromatic heterocycles. The number of ether oxygens (including phenoxy) is 5. The lowest BCUT2D eigenvalue weighted by atomic mass is 9.85. The molecule has 0 bridgehead atoms. The molecule has 0 N–H and O–H groups in total. The van der Waals surface area contributed by atoms with Crippen molar-refractivity contribution in [2.45, 2.75) is 71.6 Å². The van der Waals surface area contributed by atoms with Gasteiger partial charge in [-0.1, -0.05) is 6.92 Å². The number of hydrogen-bond acceptors (Lipinski definition) is 8. The van der Waals surface area contributed by atoms with Crippen molar-refractivity contribution in [3.63, 3.8) is 0 Å². The SMILES string of the molecule is COC(C)CC1OC(COC(C)=O)[C@@H](OC(C)=O)C(OC(C)=O)C1C. The van der Waals surface area contributed by atoms with Gasteiger partial charge < -0.3 is 23.7 Å². The first-order valence-electron chi connectivity index (χ1n) is 8.31. The molecule has 8 heteroatoms. The molecule has 0 aromatic carbocycles. The van der Waals surface area contributed by atoms with Crippen LogP contribution in [0.4, 0.5) is 0 Å². The monoisotopic (exact) mass is 360 g/mol. The lowest BCUT2D eigenvalue weighted by molar-refractivity contribution is -0.234. The molecule has 1 saturated heterocycles. The fraction of sp³-hybridized carbons (Fsp3) is 0.824. The third kappa shape index (κ3) is 6.62. The molecule has 144 valence electrons. The Labute approximate surface area is 148 Å². The van der Waals surface area contributed by atoms with Gasteiger partial charge in [0.1, 0.15) is 18.8 Å². The van der Waals surface area contributed by atoms with Crippen LogP contribution in [-0.4, -0.2) is 62.1 Å². The maximum absolute atomic E-state index is 11.5. The van der Waals surface area contributed by atoms with Gasteiger partial charge in [0.15, 0.2) is 6.10 Å². The maximum atomic E-state index is 11.5. The van der Waals surface area contributed by atoms with Crippen molar-refractivity contribution in [1.29, 1.82) is 0 Å². The van der Waals surface area contributed by atoms with E-state index in [-0.39, 0.29) is 24.7 Å². The molecule has 25 heavy (non-hydrogen) atoms. The topological polar surface area (TPSA) is 97.4 Å². The lowest BCUT2D eigenvalue weighted by Crippen LogP contribution is -2.58. The third-order valence-electron chi connectivity index (χ3n) is 4.17. The third-order valence-corrected chi connectivity index (χ3v) is 4.17. The van der Waals surface area contributed by atoms with E-state index in [9.17, 15) is 14.4 Å². The number of esters is 3. The van der Waals surface area contributed by atoms with Gasteiger partial charge in [-0.3, -0.25) is 14.4 Å². The second-order valence-corrected chi connectivity index (χ2v) is 6.30. The van der Waals surface area contributed by atoms with Crippen molar-refractivity contribution in [2.75, 3.05) is 13.7 Å². The minimum Gasteiger partial charge on any atom is -0.463 e. The molecule has 0 aliphatic carbocycles. The molecule has 0 aromatic rings. The molecular formula is C17H28O8. The smallest absolute Gasteiger partial charge is 0.303 e. The quantitative estimate of drug-likeness (QED) is 0.494. The fourth-order valence-electron chi connectivity index (χ4n) is 2.88. The summed E-state index contributed by atoms with van der Waals surface area (Å²) in [5.41, 5.74) is 0. The highest BCUT2D eigenvalue weighted by atomic mass is 16.6. The lowest BCUT2D eigenvalue weighted by Gasteiger charge is -2.44. The van der Waals surface area contributed by atoms with E-state index in [2.05, 4.69) is 0 Å². The molecule has 1 heterocycles. The molecular weight excluding hydrogens is 332 g/mol. The van der Waals surface area contributed by atoms with E-state index in [4.69, 9.17) is 23.7 Å². The summed E-state index contributed by atoms with van der Waals surface area (Å²) in [6.45, 7) is 7.49. The number of rotatable bonds is 7. The normalized spacial score (nSPS) is 30.2. The molecule has 0 saturated carbocycles. The molecule has 0 radical (unpaired) electrons. The van der Waals surface area contributed by atoms with Gasteiger partial charge in [-0.25, -0.2) is 0 Å². The molecule has 1 rings (SSSR count). The van der Waals surface area contributed by atoms with Gasteiger partial charge in [0.2, 0.25) is 0 Å². The first-order valence-corrected chi connectivity index (χ1v) is 8.31. The zero-order chi connectivity index (χ0) is 19.1. The summed E-state index contributed by atoms with van der Waals surface area (Å²) in [7, 11) is 1.60. The Bertz CT molecular complexity index is 477. The first kappa shape index (κ1) is 21.4. The van der Waals surface area contributed by atoms with E-state index in [1.165, 1.54) is 20.8 Å². The number of methoxy groups -OCH3 is 1. The predicted molar refractivity (Wildman–Crippen MR) is 86.7 cm³/mol. The average molecular weight is 360 g/mol. The summed E-state index contributed by atoms with van der Waals surface area (Å²) in [4.78, 5) is 34.2. The fourth-order valence-corrected chi connectivity index (χ4v) is 2.88. The van der Waals surface area contributed by atoms with Crippen LogP contribution in [0.5, 0.6) is 0 Å².